The molecule has 0 radical (unpaired) electrons. The molecule has 8 heteroatoms. The van der Waals surface area contributed by atoms with Crippen LogP contribution in [0.1, 0.15) is 0 Å². The molecule has 8 nitrogen and oxygen atoms in total. The molecule has 1 rings (SSSR count). The van der Waals surface area contributed by atoms with Crippen LogP contribution in [-0.2, 0) is 6.54 Å². The lowest BCUT2D eigenvalue weighted by Crippen LogP contribution is -2.00. The quantitative estimate of drug-likeness (QED) is 0.403. The van der Waals surface area contributed by atoms with Crippen molar-refractivity contribution in [1.29, 1.82) is 5.26 Å². The Labute approximate surface area is 60.2 Å². The zero-order valence-electron chi connectivity index (χ0n) is 5.21. The van der Waals surface area contributed by atoms with E-state index in [-0.39, 0.29) is 6.54 Å². The zero-order valence-corrected chi connectivity index (χ0v) is 5.21. The normalized spacial score (nSPS) is 9.00. The minimum Gasteiger partial charge on any atom is -0.390 e. The fourth-order valence-corrected chi connectivity index (χ4v) is 0.438. The van der Waals surface area contributed by atoms with Crippen molar-refractivity contribution in [2.24, 2.45) is 0 Å². The molecule has 0 aliphatic heterocycles. The van der Waals surface area contributed by atoms with Crippen LogP contribution in [0.4, 0.5) is 5.95 Å². The van der Waals surface area contributed by atoms with Crippen LogP contribution in [-0.4, -0.2) is 25.1 Å². The minimum absolute atomic E-state index is 0.138. The van der Waals surface area contributed by atoms with Crippen LogP contribution < -0.4 is 0 Å². The molecule has 56 valence electrons. The predicted octanol–water partition coefficient (Wildman–Crippen LogP) is -0.895. The SMILES string of the molecule is N#CCn1nnc([N+](=O)[O-])n1. The molecule has 0 amide bonds. The van der Waals surface area contributed by atoms with Crippen molar-refractivity contribution in [2.45, 2.75) is 6.54 Å². The molecule has 0 spiro atoms. The van der Waals surface area contributed by atoms with E-state index in [9.17, 15) is 10.1 Å². The molecule has 11 heavy (non-hydrogen) atoms. The highest BCUT2D eigenvalue weighted by molar-refractivity contribution is 4.93. The molecule has 0 saturated heterocycles. The maximum atomic E-state index is 9.96. The number of nitro groups is 1. The first kappa shape index (κ1) is 7.07. The van der Waals surface area contributed by atoms with Gasteiger partial charge in [0.15, 0.2) is 6.54 Å². The first-order valence-electron chi connectivity index (χ1n) is 2.53. The summed E-state index contributed by atoms with van der Waals surface area (Å²) in [6.07, 6.45) is 0. The van der Waals surface area contributed by atoms with Crippen molar-refractivity contribution in [1.82, 2.24) is 20.2 Å². The van der Waals surface area contributed by atoms with Gasteiger partial charge in [-0.25, -0.2) is 0 Å². The largest absolute Gasteiger partial charge is 0.514 e. The van der Waals surface area contributed by atoms with E-state index >= 15 is 0 Å². The average molecular weight is 154 g/mol. The van der Waals surface area contributed by atoms with Crippen molar-refractivity contribution in [2.75, 3.05) is 0 Å². The topological polar surface area (TPSA) is 111 Å². The van der Waals surface area contributed by atoms with Gasteiger partial charge in [0.05, 0.1) is 16.3 Å². The van der Waals surface area contributed by atoms with E-state index in [1.54, 1.807) is 6.07 Å². The lowest BCUT2D eigenvalue weighted by atomic mass is 10.8. The molecule has 0 aliphatic rings. The lowest BCUT2D eigenvalue weighted by molar-refractivity contribution is -0.394. The van der Waals surface area contributed by atoms with Crippen LogP contribution in [0.25, 0.3) is 0 Å². The number of rotatable bonds is 2. The molecule has 0 aliphatic carbocycles. The van der Waals surface area contributed by atoms with E-state index in [0.29, 0.717) is 0 Å². The van der Waals surface area contributed by atoms with Gasteiger partial charge in [-0.1, -0.05) is 4.80 Å². The summed E-state index contributed by atoms with van der Waals surface area (Å²) in [5, 5.41) is 27.7. The van der Waals surface area contributed by atoms with E-state index in [1.165, 1.54) is 0 Å². The summed E-state index contributed by atoms with van der Waals surface area (Å²) in [6, 6.07) is 1.71. The first-order chi connectivity index (χ1) is 5.24. The van der Waals surface area contributed by atoms with E-state index < -0.39 is 10.9 Å². The molecular weight excluding hydrogens is 152 g/mol. The van der Waals surface area contributed by atoms with Crippen molar-refractivity contribution in [3.63, 3.8) is 0 Å². The molecule has 0 unspecified atom stereocenters. The second-order valence-corrected chi connectivity index (χ2v) is 1.54. The molecule has 1 aromatic heterocycles. The van der Waals surface area contributed by atoms with E-state index in [4.69, 9.17) is 5.26 Å². The fourth-order valence-electron chi connectivity index (χ4n) is 0.438. The summed E-state index contributed by atoms with van der Waals surface area (Å²) < 4.78 is 0. The van der Waals surface area contributed by atoms with Crippen molar-refractivity contribution >= 4 is 5.95 Å². The Morgan fingerprint density at radius 1 is 1.82 bits per heavy atom. The van der Waals surface area contributed by atoms with E-state index in [2.05, 4.69) is 15.4 Å². The van der Waals surface area contributed by atoms with Crippen LogP contribution in [0.15, 0.2) is 0 Å². The Hall–Kier alpha value is -2.04. The molecule has 0 bridgehead atoms. The highest BCUT2D eigenvalue weighted by Crippen LogP contribution is 1.95. The fraction of sp³-hybridized carbons (Fsp3) is 0.333. The molecule has 1 aromatic rings. The monoisotopic (exact) mass is 154 g/mol. The van der Waals surface area contributed by atoms with Crippen LogP contribution in [0.3, 0.4) is 0 Å². The van der Waals surface area contributed by atoms with Crippen molar-refractivity contribution in [3.05, 3.63) is 10.1 Å². The second kappa shape index (κ2) is 2.70. The summed E-state index contributed by atoms with van der Waals surface area (Å²) >= 11 is 0. The maximum Gasteiger partial charge on any atom is 0.514 e. The number of nitrogens with zero attached hydrogens (tertiary/aromatic N) is 6. The van der Waals surface area contributed by atoms with Gasteiger partial charge in [-0.15, -0.1) is 0 Å². The van der Waals surface area contributed by atoms with Gasteiger partial charge in [-0.3, -0.25) is 0 Å². The summed E-state index contributed by atoms with van der Waals surface area (Å²) in [6.45, 7) is -0.138. The lowest BCUT2D eigenvalue weighted by Gasteiger charge is -1.81. The summed E-state index contributed by atoms with van der Waals surface area (Å²) in [7, 11) is 0. The van der Waals surface area contributed by atoms with E-state index in [0.717, 1.165) is 4.80 Å². The molecule has 1 heterocycles. The van der Waals surface area contributed by atoms with Gasteiger partial charge in [-0.05, 0) is 4.92 Å². The third kappa shape index (κ3) is 1.45. The molecule has 0 N–H and O–H groups in total. The third-order valence-corrected chi connectivity index (χ3v) is 0.818. The summed E-state index contributed by atoms with van der Waals surface area (Å²) in [4.78, 5) is 10.0. The van der Waals surface area contributed by atoms with E-state index in [1.807, 2.05) is 0 Å². The second-order valence-electron chi connectivity index (χ2n) is 1.54. The van der Waals surface area contributed by atoms with Crippen LogP contribution >= 0.6 is 0 Å². The average Bonchev–Trinajstić information content (AvgIpc) is 2.37. The third-order valence-electron chi connectivity index (χ3n) is 0.818. The number of hydrogen-bond donors (Lipinski definition) is 0. The Balaban J connectivity index is 2.83. The number of tetrazole rings is 1. The highest BCUT2D eigenvalue weighted by Gasteiger charge is 2.14. The summed E-state index contributed by atoms with van der Waals surface area (Å²) in [5.74, 6) is -0.597. The van der Waals surface area contributed by atoms with Gasteiger partial charge < -0.3 is 10.1 Å². The van der Waals surface area contributed by atoms with Crippen molar-refractivity contribution < 1.29 is 4.92 Å². The Morgan fingerprint density at radius 3 is 3.00 bits per heavy atom. The number of hydrogen-bond acceptors (Lipinski definition) is 6. The van der Waals surface area contributed by atoms with Gasteiger partial charge in [-0.2, -0.15) is 5.26 Å². The summed E-state index contributed by atoms with van der Waals surface area (Å²) in [5.41, 5.74) is 0. The van der Waals surface area contributed by atoms with Gasteiger partial charge >= 0.3 is 5.95 Å². The Bertz CT molecular complexity index is 310. The van der Waals surface area contributed by atoms with Crippen molar-refractivity contribution in [3.8, 4) is 6.07 Å². The first-order valence-corrected chi connectivity index (χ1v) is 2.53. The predicted molar refractivity (Wildman–Crippen MR) is 30.1 cm³/mol. The van der Waals surface area contributed by atoms with Gasteiger partial charge in [0, 0.05) is 5.21 Å². The smallest absolute Gasteiger partial charge is 0.390 e. The number of nitriles is 1. The van der Waals surface area contributed by atoms with Crippen LogP contribution in [0.5, 0.6) is 0 Å². The zero-order chi connectivity index (χ0) is 8.27. The molecule has 0 atom stereocenters. The Kier molecular flexibility index (Phi) is 1.73. The standard InChI is InChI=1S/C3H2N6O2/c4-1-2-8-6-3(5-7-8)9(10)11/h2H2. The molecular formula is C3H2N6O2. The highest BCUT2D eigenvalue weighted by atomic mass is 16.6. The molecule has 0 fully saturated rings. The Morgan fingerprint density at radius 2 is 2.55 bits per heavy atom. The van der Waals surface area contributed by atoms with Gasteiger partial charge in [0.25, 0.3) is 0 Å². The number of aromatic nitrogens is 4. The van der Waals surface area contributed by atoms with Crippen LogP contribution in [0, 0.1) is 21.4 Å². The minimum atomic E-state index is -0.777. The maximum absolute atomic E-state index is 9.96. The van der Waals surface area contributed by atoms with Gasteiger partial charge in [0.1, 0.15) is 0 Å². The molecule has 0 saturated carbocycles. The molecule has 0 aromatic carbocycles. The van der Waals surface area contributed by atoms with Gasteiger partial charge in [0.2, 0.25) is 0 Å². The van der Waals surface area contributed by atoms with Crippen LogP contribution in [0.2, 0.25) is 0 Å².